The summed E-state index contributed by atoms with van der Waals surface area (Å²) in [6.07, 6.45) is -3.43. The number of likely N-dealkylation sites (N-methyl/N-ethyl adjacent to an activating group) is 1. The number of alkyl halides is 5. The highest BCUT2D eigenvalue weighted by atomic mass is 19.4. The van der Waals surface area contributed by atoms with E-state index < -0.39 is 72.3 Å². The summed E-state index contributed by atoms with van der Waals surface area (Å²) in [6.45, 7) is 0.849. The molecule has 1 fully saturated rings. The Morgan fingerprint density at radius 2 is 1.85 bits per heavy atom. The van der Waals surface area contributed by atoms with Crippen molar-refractivity contribution in [2.75, 3.05) is 18.0 Å². The largest absolute Gasteiger partial charge is 0.433 e. The Bertz CT molecular complexity index is 1940. The van der Waals surface area contributed by atoms with Crippen LogP contribution in [-0.2, 0) is 11.0 Å². The molecular formula is C32H25F5N8O3. The van der Waals surface area contributed by atoms with Crippen LogP contribution >= 0.6 is 0 Å². The van der Waals surface area contributed by atoms with E-state index in [0.29, 0.717) is 23.1 Å². The number of fused-ring (bicyclic) bond motifs is 1. The maximum absolute atomic E-state index is 14.2. The normalized spacial score (nSPS) is 20.3. The van der Waals surface area contributed by atoms with Gasteiger partial charge >= 0.3 is 6.18 Å². The van der Waals surface area contributed by atoms with E-state index in [2.05, 4.69) is 20.4 Å². The zero-order valence-corrected chi connectivity index (χ0v) is 25.0. The van der Waals surface area contributed by atoms with Gasteiger partial charge in [0.2, 0.25) is 5.82 Å². The van der Waals surface area contributed by atoms with Gasteiger partial charge in [-0.1, -0.05) is 30.3 Å². The van der Waals surface area contributed by atoms with Crippen LogP contribution in [0.4, 0.5) is 27.8 Å². The van der Waals surface area contributed by atoms with Crippen LogP contribution in [0, 0.1) is 11.3 Å². The van der Waals surface area contributed by atoms with Crippen LogP contribution in [0.2, 0.25) is 0 Å². The number of hydrogen-bond donors (Lipinski definition) is 1. The predicted octanol–water partition coefficient (Wildman–Crippen LogP) is 4.35. The Balaban J connectivity index is 1.46. The third-order valence-corrected chi connectivity index (χ3v) is 8.15. The quantitative estimate of drug-likeness (QED) is 0.303. The first-order valence-corrected chi connectivity index (χ1v) is 14.7. The third kappa shape index (κ3) is 5.83. The van der Waals surface area contributed by atoms with Gasteiger partial charge in [-0.2, -0.15) is 23.5 Å². The van der Waals surface area contributed by atoms with Crippen LogP contribution in [0.15, 0.2) is 73.1 Å². The number of para-hydroxylation sites is 1. The van der Waals surface area contributed by atoms with E-state index in [1.807, 2.05) is 0 Å². The van der Waals surface area contributed by atoms with E-state index in [4.69, 9.17) is 0 Å². The fourth-order valence-corrected chi connectivity index (χ4v) is 6.03. The van der Waals surface area contributed by atoms with Crippen molar-refractivity contribution in [2.24, 2.45) is 0 Å². The molecule has 4 aromatic rings. The summed E-state index contributed by atoms with van der Waals surface area (Å²) in [7, 11) is 0. The van der Waals surface area contributed by atoms with Gasteiger partial charge in [-0.15, -0.1) is 0 Å². The molecule has 3 amide bonds. The minimum Gasteiger partial charge on any atom is -0.337 e. The predicted molar refractivity (Wildman–Crippen MR) is 158 cm³/mol. The highest BCUT2D eigenvalue weighted by Gasteiger charge is 2.48. The van der Waals surface area contributed by atoms with Gasteiger partial charge in [0.1, 0.15) is 23.6 Å². The zero-order chi connectivity index (χ0) is 34.4. The van der Waals surface area contributed by atoms with Crippen LogP contribution in [-0.4, -0.2) is 73.5 Å². The van der Waals surface area contributed by atoms with Gasteiger partial charge in [0.15, 0.2) is 0 Å². The summed E-state index contributed by atoms with van der Waals surface area (Å²) in [5.74, 6) is -7.45. The molecule has 0 aliphatic carbocycles. The molecule has 2 aromatic carbocycles. The molecule has 48 heavy (non-hydrogen) atoms. The molecule has 2 aromatic heterocycles. The van der Waals surface area contributed by atoms with Gasteiger partial charge in [-0.3, -0.25) is 19.3 Å². The van der Waals surface area contributed by atoms with Crippen LogP contribution in [0.1, 0.15) is 57.1 Å². The number of aromatic nitrogens is 4. The van der Waals surface area contributed by atoms with Crippen LogP contribution in [0.3, 0.4) is 0 Å². The van der Waals surface area contributed by atoms with Gasteiger partial charge in [0, 0.05) is 36.2 Å². The number of nitriles is 1. The smallest absolute Gasteiger partial charge is 0.337 e. The zero-order valence-electron chi connectivity index (χ0n) is 25.0. The maximum atomic E-state index is 14.2. The van der Waals surface area contributed by atoms with Crippen molar-refractivity contribution in [3.63, 3.8) is 0 Å². The topological polar surface area (TPSA) is 137 Å². The average molecular weight is 665 g/mol. The fourth-order valence-electron chi connectivity index (χ4n) is 6.03. The highest BCUT2D eigenvalue weighted by Crippen LogP contribution is 2.42. The highest BCUT2D eigenvalue weighted by molar-refractivity contribution is 6.04. The Labute approximate surface area is 269 Å². The standard InChI is InChI=1S/C32H25F5N8O3/c1-2-43-28-22(16-40-45(28)20-9-4-3-5-10-20)24(25(30(43)48)42-27(46)26-39-12-11-23(41-26)32(35,36)37)18-7-6-8-19(13-18)29(47)44-17-31(33,34)14-21(44)15-38/h3-13,16,21,24-25H,2,14,17H2,1H3,(H,42,46)/t21-,24?,25?/m0/s1. The lowest BCUT2D eigenvalue weighted by atomic mass is 9.81. The molecule has 3 atom stereocenters. The first-order chi connectivity index (χ1) is 22.8. The molecule has 0 spiro atoms. The van der Waals surface area contributed by atoms with Crippen molar-refractivity contribution >= 4 is 23.5 Å². The van der Waals surface area contributed by atoms with Crippen molar-refractivity contribution in [1.29, 1.82) is 5.26 Å². The number of rotatable bonds is 6. The number of amides is 3. The molecule has 11 nitrogen and oxygen atoms in total. The first kappa shape index (κ1) is 32.2. The average Bonchev–Trinajstić information content (AvgIpc) is 3.65. The summed E-state index contributed by atoms with van der Waals surface area (Å²) < 4.78 is 70.0. The number of nitrogens with zero attached hydrogens (tertiary/aromatic N) is 7. The molecule has 2 aliphatic rings. The van der Waals surface area contributed by atoms with Crippen molar-refractivity contribution in [1.82, 2.24) is 30.0 Å². The number of benzene rings is 2. The molecule has 16 heteroatoms. The van der Waals surface area contributed by atoms with Gasteiger partial charge in [0.05, 0.1) is 24.5 Å². The molecule has 1 N–H and O–H groups in total. The molecule has 246 valence electrons. The number of halogens is 5. The van der Waals surface area contributed by atoms with Crippen LogP contribution < -0.4 is 10.2 Å². The van der Waals surface area contributed by atoms with E-state index in [9.17, 15) is 41.6 Å². The number of likely N-dealkylation sites (tertiary alicyclic amines) is 1. The summed E-state index contributed by atoms with van der Waals surface area (Å²) in [5, 5.41) is 16.4. The summed E-state index contributed by atoms with van der Waals surface area (Å²) in [6, 6.07) is 14.1. The van der Waals surface area contributed by atoms with E-state index in [1.54, 1.807) is 49.4 Å². The molecular weight excluding hydrogens is 639 g/mol. The molecule has 0 bridgehead atoms. The van der Waals surface area contributed by atoms with E-state index in [0.717, 1.165) is 11.1 Å². The summed E-state index contributed by atoms with van der Waals surface area (Å²) in [5.41, 5.74) is -0.106. The van der Waals surface area contributed by atoms with E-state index >= 15 is 0 Å². The van der Waals surface area contributed by atoms with Crippen LogP contribution in [0.5, 0.6) is 0 Å². The minimum atomic E-state index is -4.86. The van der Waals surface area contributed by atoms with Gasteiger partial charge in [0.25, 0.3) is 23.6 Å². The molecule has 0 radical (unpaired) electrons. The number of anilines is 1. The lowest BCUT2D eigenvalue weighted by Gasteiger charge is -2.38. The lowest BCUT2D eigenvalue weighted by Crippen LogP contribution is -2.55. The number of carbonyl (C=O) groups excluding carboxylic acids is 3. The van der Waals surface area contributed by atoms with Crippen molar-refractivity contribution in [3.05, 3.63) is 101 Å². The van der Waals surface area contributed by atoms with Crippen LogP contribution in [0.25, 0.3) is 5.69 Å². The second-order valence-electron chi connectivity index (χ2n) is 11.2. The summed E-state index contributed by atoms with van der Waals surface area (Å²) in [4.78, 5) is 50.2. The second kappa shape index (κ2) is 12.1. The molecule has 2 aliphatic heterocycles. The summed E-state index contributed by atoms with van der Waals surface area (Å²) >= 11 is 0. The van der Waals surface area contributed by atoms with E-state index in [1.165, 1.54) is 34.0 Å². The maximum Gasteiger partial charge on any atom is 0.433 e. The molecule has 1 saturated heterocycles. The Morgan fingerprint density at radius 1 is 1.10 bits per heavy atom. The fraction of sp³-hybridized carbons (Fsp3) is 0.281. The van der Waals surface area contributed by atoms with Crippen molar-refractivity contribution in [2.45, 2.75) is 43.4 Å². The van der Waals surface area contributed by atoms with Gasteiger partial charge in [-0.25, -0.2) is 23.4 Å². The van der Waals surface area contributed by atoms with Crippen molar-refractivity contribution in [3.8, 4) is 11.8 Å². The Hall–Kier alpha value is -5.72. The SMILES string of the molecule is CCN1C(=O)C(NC(=O)c2nccc(C(F)(F)F)n2)C(c2cccc(C(=O)N3CC(F)(F)C[C@H]3C#N)c2)c2cnn(-c3ccccc3)c21. The first-order valence-electron chi connectivity index (χ1n) is 14.7. The van der Waals surface area contributed by atoms with E-state index in [-0.39, 0.29) is 17.7 Å². The van der Waals surface area contributed by atoms with Gasteiger partial charge in [-0.05, 0) is 42.8 Å². The Morgan fingerprint density at radius 3 is 2.54 bits per heavy atom. The molecule has 4 heterocycles. The molecule has 6 rings (SSSR count). The third-order valence-electron chi connectivity index (χ3n) is 8.15. The lowest BCUT2D eigenvalue weighted by molar-refractivity contribution is -0.141. The number of carbonyl (C=O) groups is 3. The number of nitrogens with one attached hydrogen (secondary N) is 1. The number of hydrogen-bond acceptors (Lipinski definition) is 7. The Kier molecular flexibility index (Phi) is 8.15. The molecule has 0 saturated carbocycles. The molecule has 2 unspecified atom stereocenters. The van der Waals surface area contributed by atoms with Gasteiger partial charge < -0.3 is 10.2 Å². The second-order valence-corrected chi connectivity index (χ2v) is 11.2. The monoisotopic (exact) mass is 664 g/mol. The minimum absolute atomic E-state index is 0.0564. The van der Waals surface area contributed by atoms with Crippen molar-refractivity contribution < 1.29 is 36.3 Å².